The molecule has 80 heavy (non-hydrogen) atoms. The summed E-state index contributed by atoms with van der Waals surface area (Å²) in [6.07, 6.45) is 0. The topological polar surface area (TPSA) is 0 Å². The van der Waals surface area contributed by atoms with Crippen LogP contribution in [-0.2, 0) is 0 Å². The van der Waals surface area contributed by atoms with Gasteiger partial charge in [-0.1, -0.05) is 25.0 Å². The molecule has 2 aliphatic rings. The van der Waals surface area contributed by atoms with Gasteiger partial charge in [0.25, 0.3) is 0 Å². The third kappa shape index (κ3) is 8.98. The van der Waals surface area contributed by atoms with Gasteiger partial charge in [0.05, 0.1) is 0 Å². The fourth-order valence-corrected chi connectivity index (χ4v) is 15.4. The standard InChI is InChI=1S/C26H32.C24H30.C18H24.C12H18/c1-11-13(3)21-17(7)19(9)23-15(5)12(2)16(6)24-20(10)18(8)22(14(11)4)25(21)26(23)24;1-11-12(2)16(6)22-20(10)24-18(8)14(4)13(3)17(7)23(24)19(9)21(22)15(11)5;1-9-10(2)14(6)18-16(8)12(4)11(3)15(7)17(18)13(9)5;1-7-8(2)10(4)12(6)11(5)9(7)3/h13,19H,1-10H3;1-10H3;1-8H3;1-6H3. The Morgan fingerprint density at radius 1 is 0.163 bits per heavy atom. The van der Waals surface area contributed by atoms with Crippen LogP contribution in [0.2, 0.25) is 0 Å². The number of hydrogen-bond donors (Lipinski definition) is 0. The SMILES string of the molecule is CC1=C(C)C(C)C2=C(C)C(C)c3c(C)c(C)c(C)c4c(C)c(C)c1c2c34.Cc1c(C)c(C)c(C)c(C)c1C.Cc1c(C)c(C)c2c(C)c(C)c(C)c(C)c2c1C.Cc1c(C)c(C)c2c(C)c3c(C)c(C)c(C)c(C)c3c(C)c2c1C. The van der Waals surface area contributed by atoms with Crippen LogP contribution in [0.15, 0.2) is 11.1 Å². The molecule has 0 radical (unpaired) electrons. The molecule has 2 aliphatic carbocycles. The molecule has 0 saturated carbocycles. The van der Waals surface area contributed by atoms with Crippen LogP contribution in [0.5, 0.6) is 0 Å². The van der Waals surface area contributed by atoms with Crippen LogP contribution in [0.3, 0.4) is 0 Å². The molecule has 0 aliphatic heterocycles. The van der Waals surface area contributed by atoms with Gasteiger partial charge >= 0.3 is 0 Å². The zero-order valence-electron chi connectivity index (χ0n) is 57.2. The Hall–Kier alpha value is -5.72. The smallest absolute Gasteiger partial charge is 0.00324 e. The van der Waals surface area contributed by atoms with E-state index in [1.54, 1.807) is 33.2 Å². The minimum Gasteiger partial charge on any atom is -0.0625 e. The maximum Gasteiger partial charge on any atom is 0.00324 e. The molecule has 8 aromatic rings. The first-order valence-electron chi connectivity index (χ1n) is 30.3. The molecule has 0 heteroatoms. The van der Waals surface area contributed by atoms with E-state index in [1.165, 1.54) is 210 Å². The average molecular weight is 1070 g/mol. The first kappa shape index (κ1) is 61.9. The number of hydrogen-bond acceptors (Lipinski definition) is 0. The average Bonchev–Trinajstić information content (AvgIpc) is 3.42. The molecular formula is C80H104. The van der Waals surface area contributed by atoms with E-state index in [1.807, 2.05) is 0 Å². The molecule has 10 rings (SSSR count). The third-order valence-corrected chi connectivity index (χ3v) is 23.4. The van der Waals surface area contributed by atoms with Gasteiger partial charge in [-0.15, -0.1) is 0 Å². The van der Waals surface area contributed by atoms with Crippen LogP contribution in [0.4, 0.5) is 0 Å². The van der Waals surface area contributed by atoms with E-state index in [0.717, 1.165) is 0 Å². The first-order chi connectivity index (χ1) is 37.0. The van der Waals surface area contributed by atoms with E-state index in [4.69, 9.17) is 0 Å². The zero-order valence-corrected chi connectivity index (χ0v) is 57.2. The number of benzene rings is 8. The summed E-state index contributed by atoms with van der Waals surface area (Å²) in [5, 5.41) is 12.0. The summed E-state index contributed by atoms with van der Waals surface area (Å²) >= 11 is 0. The van der Waals surface area contributed by atoms with Gasteiger partial charge in [-0.3, -0.25) is 0 Å². The quantitative estimate of drug-likeness (QED) is 0.133. The normalized spacial score (nSPS) is 14.8. The van der Waals surface area contributed by atoms with Crippen molar-refractivity contribution in [3.05, 3.63) is 189 Å². The molecule has 0 fully saturated rings. The van der Waals surface area contributed by atoms with E-state index in [-0.39, 0.29) is 0 Å². The Bertz CT molecular complexity index is 3720. The Morgan fingerprint density at radius 3 is 0.625 bits per heavy atom. The van der Waals surface area contributed by atoms with Crippen molar-refractivity contribution in [3.63, 3.8) is 0 Å². The Labute approximate surface area is 488 Å². The summed E-state index contributed by atoms with van der Waals surface area (Å²) in [5.74, 6) is 1.02. The molecule has 0 bridgehead atoms. The number of aryl methyl sites for hydroxylation is 12. The van der Waals surface area contributed by atoms with Crippen molar-refractivity contribution in [2.75, 3.05) is 0 Å². The third-order valence-electron chi connectivity index (χ3n) is 23.4. The second-order valence-electron chi connectivity index (χ2n) is 26.1. The van der Waals surface area contributed by atoms with Crippen LogP contribution in [0, 0.1) is 207 Å². The monoisotopic (exact) mass is 1060 g/mol. The van der Waals surface area contributed by atoms with Gasteiger partial charge in [-0.2, -0.15) is 0 Å². The van der Waals surface area contributed by atoms with Crippen molar-refractivity contribution in [2.24, 2.45) is 5.92 Å². The summed E-state index contributed by atoms with van der Waals surface area (Å²) < 4.78 is 0. The Morgan fingerprint density at radius 2 is 0.362 bits per heavy atom. The van der Waals surface area contributed by atoms with Gasteiger partial charge in [0.15, 0.2) is 0 Å². The van der Waals surface area contributed by atoms with Gasteiger partial charge in [0.1, 0.15) is 0 Å². The molecular weight excluding hydrogens is 961 g/mol. The van der Waals surface area contributed by atoms with Crippen molar-refractivity contribution >= 4 is 54.2 Å². The van der Waals surface area contributed by atoms with Gasteiger partial charge in [-0.05, 0) is 454 Å². The molecule has 2 unspecified atom stereocenters. The largest absolute Gasteiger partial charge is 0.0625 e. The molecule has 2 atom stereocenters. The minimum atomic E-state index is 0.503. The number of allylic oxidation sites excluding steroid dienone is 4. The molecule has 0 N–H and O–H groups in total. The predicted octanol–water partition coefficient (Wildman–Crippen LogP) is 23.6. The fraction of sp³-hybridized carbons (Fsp3) is 0.450. The van der Waals surface area contributed by atoms with Gasteiger partial charge in [-0.25, -0.2) is 0 Å². The number of rotatable bonds is 0. The van der Waals surface area contributed by atoms with Gasteiger partial charge in [0.2, 0.25) is 0 Å². The highest BCUT2D eigenvalue weighted by Crippen LogP contribution is 2.56. The lowest BCUT2D eigenvalue weighted by Crippen LogP contribution is -2.21. The van der Waals surface area contributed by atoms with E-state index in [0.29, 0.717) is 11.8 Å². The lowest BCUT2D eigenvalue weighted by molar-refractivity contribution is 0.814. The lowest BCUT2D eigenvalue weighted by atomic mass is 9.64. The maximum absolute atomic E-state index is 2.42. The second-order valence-corrected chi connectivity index (χ2v) is 26.1. The van der Waals surface area contributed by atoms with Crippen molar-refractivity contribution < 1.29 is 0 Å². The van der Waals surface area contributed by atoms with E-state index < -0.39 is 0 Å². The van der Waals surface area contributed by atoms with Crippen molar-refractivity contribution in [3.8, 4) is 0 Å². The predicted molar refractivity (Wildman–Crippen MR) is 362 cm³/mol. The van der Waals surface area contributed by atoms with Crippen molar-refractivity contribution in [1.82, 2.24) is 0 Å². The molecule has 424 valence electrons. The summed E-state index contributed by atoms with van der Waals surface area (Å²) in [4.78, 5) is 0. The Kier molecular flexibility index (Phi) is 16.9. The minimum absolute atomic E-state index is 0.503. The second kappa shape index (κ2) is 21.9. The summed E-state index contributed by atoms with van der Waals surface area (Å²) in [7, 11) is 0. The van der Waals surface area contributed by atoms with Crippen LogP contribution in [0.25, 0.3) is 54.2 Å². The van der Waals surface area contributed by atoms with Crippen molar-refractivity contribution in [2.45, 2.75) is 241 Å². The first-order valence-corrected chi connectivity index (χ1v) is 30.3. The zero-order chi connectivity index (χ0) is 60.6. The van der Waals surface area contributed by atoms with E-state index in [9.17, 15) is 0 Å². The fourth-order valence-electron chi connectivity index (χ4n) is 15.4. The molecule has 0 spiro atoms. The highest BCUT2D eigenvalue weighted by molar-refractivity contribution is 6.12. The summed E-state index contributed by atoms with van der Waals surface area (Å²) in [6, 6.07) is 0. The van der Waals surface area contributed by atoms with E-state index >= 15 is 0 Å². The summed E-state index contributed by atoms with van der Waals surface area (Å²) in [5.41, 5.74) is 53.2. The highest BCUT2D eigenvalue weighted by atomic mass is 14.4. The van der Waals surface area contributed by atoms with Gasteiger partial charge < -0.3 is 0 Å². The molecule has 0 nitrogen and oxygen atoms in total. The molecule has 0 heterocycles. The van der Waals surface area contributed by atoms with E-state index in [2.05, 4.69) is 235 Å². The summed E-state index contributed by atoms with van der Waals surface area (Å²) in [6.45, 7) is 77.8. The molecule has 0 saturated heterocycles. The van der Waals surface area contributed by atoms with Crippen molar-refractivity contribution in [1.29, 1.82) is 0 Å². The van der Waals surface area contributed by atoms with Crippen LogP contribution in [-0.4, -0.2) is 0 Å². The number of fused-ring (bicyclic) bond motifs is 3. The highest BCUT2D eigenvalue weighted by Gasteiger charge is 2.37. The molecule has 0 amide bonds. The maximum atomic E-state index is 2.42. The van der Waals surface area contributed by atoms with Gasteiger partial charge in [0, 0.05) is 11.8 Å². The van der Waals surface area contributed by atoms with Crippen LogP contribution < -0.4 is 0 Å². The lowest BCUT2D eigenvalue weighted by Gasteiger charge is -2.39. The molecule has 0 aromatic heterocycles. The van der Waals surface area contributed by atoms with Crippen LogP contribution in [0.1, 0.15) is 219 Å². The van der Waals surface area contributed by atoms with Crippen LogP contribution >= 0.6 is 0 Å². The molecule has 8 aromatic carbocycles. The Balaban J connectivity index is 0.000000160.